The second-order valence-electron chi connectivity index (χ2n) is 6.86. The summed E-state index contributed by atoms with van der Waals surface area (Å²) in [5, 5.41) is 0. The standard InChI is InChI=1S/C18H27N3O.2ClH/c1-15-6-2-3-7-16(15)14-20-10-12-21(13-11-20)17(22)18(19)8-4-5-9-18;;/h2-3,6-7H,4-5,8-14,19H2,1H3;2*1H. The molecular formula is C18H29Cl2N3O. The number of hydrogen-bond acceptors (Lipinski definition) is 3. The Hall–Kier alpha value is -0.810. The molecule has 24 heavy (non-hydrogen) atoms. The lowest BCUT2D eigenvalue weighted by atomic mass is 9.97. The first-order chi connectivity index (χ1) is 10.6. The molecule has 1 amide bonds. The Labute approximate surface area is 157 Å². The Balaban J connectivity index is 0.00000144. The molecule has 6 heteroatoms. The van der Waals surface area contributed by atoms with Crippen molar-refractivity contribution < 1.29 is 4.79 Å². The van der Waals surface area contributed by atoms with Gasteiger partial charge in [-0.3, -0.25) is 9.69 Å². The van der Waals surface area contributed by atoms with Gasteiger partial charge in [0.25, 0.3) is 0 Å². The monoisotopic (exact) mass is 373 g/mol. The van der Waals surface area contributed by atoms with Gasteiger partial charge in [0, 0.05) is 32.7 Å². The summed E-state index contributed by atoms with van der Waals surface area (Å²) in [5.74, 6) is 0.181. The molecule has 136 valence electrons. The van der Waals surface area contributed by atoms with Gasteiger partial charge >= 0.3 is 0 Å². The van der Waals surface area contributed by atoms with E-state index >= 15 is 0 Å². The van der Waals surface area contributed by atoms with Gasteiger partial charge in [0.1, 0.15) is 0 Å². The fourth-order valence-electron chi connectivity index (χ4n) is 3.67. The van der Waals surface area contributed by atoms with Crippen molar-refractivity contribution in [3.05, 3.63) is 35.4 Å². The molecular weight excluding hydrogens is 345 g/mol. The minimum Gasteiger partial charge on any atom is -0.339 e. The molecule has 1 aliphatic carbocycles. The third kappa shape index (κ3) is 4.63. The fraction of sp³-hybridized carbons (Fsp3) is 0.611. The van der Waals surface area contributed by atoms with Crippen LogP contribution in [0.5, 0.6) is 0 Å². The summed E-state index contributed by atoms with van der Waals surface area (Å²) < 4.78 is 0. The molecule has 0 aromatic heterocycles. The molecule has 1 aromatic rings. The average Bonchev–Trinajstić information content (AvgIpc) is 2.98. The number of benzene rings is 1. The molecule has 0 spiro atoms. The second kappa shape index (κ2) is 9.04. The zero-order valence-corrected chi connectivity index (χ0v) is 16.0. The molecule has 2 N–H and O–H groups in total. The first kappa shape index (κ1) is 21.2. The second-order valence-corrected chi connectivity index (χ2v) is 6.86. The Bertz CT molecular complexity index is 539. The molecule has 2 fully saturated rings. The normalized spacial score (nSPS) is 20.2. The Morgan fingerprint density at radius 3 is 2.25 bits per heavy atom. The van der Waals surface area contributed by atoms with Crippen LogP contribution in [0.3, 0.4) is 0 Å². The third-order valence-electron chi connectivity index (χ3n) is 5.24. The van der Waals surface area contributed by atoms with E-state index in [1.165, 1.54) is 11.1 Å². The van der Waals surface area contributed by atoms with Crippen LogP contribution in [0.1, 0.15) is 36.8 Å². The molecule has 4 nitrogen and oxygen atoms in total. The number of rotatable bonds is 3. The number of nitrogens with two attached hydrogens (primary N) is 1. The summed E-state index contributed by atoms with van der Waals surface area (Å²) in [4.78, 5) is 17.0. The van der Waals surface area contributed by atoms with E-state index in [4.69, 9.17) is 5.73 Å². The molecule has 0 atom stereocenters. The maximum absolute atomic E-state index is 12.6. The van der Waals surface area contributed by atoms with Crippen LogP contribution >= 0.6 is 24.8 Å². The Kier molecular flexibility index (Phi) is 8.00. The first-order valence-electron chi connectivity index (χ1n) is 8.44. The largest absolute Gasteiger partial charge is 0.339 e. The van der Waals surface area contributed by atoms with Gasteiger partial charge in [-0.05, 0) is 30.9 Å². The van der Waals surface area contributed by atoms with E-state index in [9.17, 15) is 4.79 Å². The number of nitrogens with zero attached hydrogens (tertiary/aromatic N) is 2. The van der Waals surface area contributed by atoms with Crippen LogP contribution in [0, 0.1) is 6.92 Å². The molecule has 0 unspecified atom stereocenters. The van der Waals surface area contributed by atoms with Gasteiger partial charge in [0.2, 0.25) is 5.91 Å². The summed E-state index contributed by atoms with van der Waals surface area (Å²) in [5.41, 5.74) is 8.46. The molecule has 1 aromatic carbocycles. The van der Waals surface area contributed by atoms with Gasteiger partial charge in [-0.1, -0.05) is 37.1 Å². The molecule has 0 radical (unpaired) electrons. The zero-order valence-electron chi connectivity index (χ0n) is 14.4. The highest BCUT2D eigenvalue weighted by Crippen LogP contribution is 2.29. The highest BCUT2D eigenvalue weighted by Gasteiger charge is 2.40. The van der Waals surface area contributed by atoms with Crippen molar-refractivity contribution >= 4 is 30.7 Å². The van der Waals surface area contributed by atoms with Crippen molar-refractivity contribution in [1.82, 2.24) is 9.80 Å². The molecule has 2 aliphatic rings. The van der Waals surface area contributed by atoms with E-state index in [1.807, 2.05) is 4.90 Å². The van der Waals surface area contributed by atoms with Crippen molar-refractivity contribution in [2.75, 3.05) is 26.2 Å². The van der Waals surface area contributed by atoms with Crippen molar-refractivity contribution in [3.8, 4) is 0 Å². The summed E-state index contributed by atoms with van der Waals surface area (Å²) in [6.07, 6.45) is 3.90. The van der Waals surface area contributed by atoms with E-state index < -0.39 is 5.54 Å². The summed E-state index contributed by atoms with van der Waals surface area (Å²) in [6.45, 7) is 6.63. The lowest BCUT2D eigenvalue weighted by molar-refractivity contribution is -0.138. The lowest BCUT2D eigenvalue weighted by Gasteiger charge is -2.38. The number of aryl methyl sites for hydroxylation is 1. The topological polar surface area (TPSA) is 49.6 Å². The molecule has 3 rings (SSSR count). The number of carbonyl (C=O) groups excluding carboxylic acids is 1. The Morgan fingerprint density at radius 1 is 1.08 bits per heavy atom. The van der Waals surface area contributed by atoms with E-state index in [2.05, 4.69) is 36.1 Å². The number of carbonyl (C=O) groups is 1. The molecule has 1 heterocycles. The highest BCUT2D eigenvalue weighted by molar-refractivity contribution is 5.86. The van der Waals surface area contributed by atoms with Gasteiger partial charge < -0.3 is 10.6 Å². The van der Waals surface area contributed by atoms with Crippen LogP contribution in [-0.2, 0) is 11.3 Å². The number of hydrogen-bond donors (Lipinski definition) is 1. The average molecular weight is 374 g/mol. The van der Waals surface area contributed by atoms with Crippen molar-refractivity contribution in [3.63, 3.8) is 0 Å². The smallest absolute Gasteiger partial charge is 0.242 e. The summed E-state index contributed by atoms with van der Waals surface area (Å²) >= 11 is 0. The predicted molar refractivity (Wildman–Crippen MR) is 103 cm³/mol. The van der Waals surface area contributed by atoms with Gasteiger partial charge in [0.05, 0.1) is 5.54 Å². The Morgan fingerprint density at radius 2 is 1.67 bits per heavy atom. The first-order valence-corrected chi connectivity index (χ1v) is 8.44. The van der Waals surface area contributed by atoms with Crippen LogP contribution in [0.4, 0.5) is 0 Å². The molecule has 1 aliphatic heterocycles. The van der Waals surface area contributed by atoms with Crippen LogP contribution in [-0.4, -0.2) is 47.4 Å². The lowest BCUT2D eigenvalue weighted by Crippen LogP contribution is -2.58. The van der Waals surface area contributed by atoms with Crippen molar-refractivity contribution in [1.29, 1.82) is 0 Å². The number of halogens is 2. The van der Waals surface area contributed by atoms with E-state index in [0.29, 0.717) is 0 Å². The molecule has 1 saturated heterocycles. The molecule has 0 bridgehead atoms. The van der Waals surface area contributed by atoms with E-state index in [-0.39, 0.29) is 30.7 Å². The fourth-order valence-corrected chi connectivity index (χ4v) is 3.67. The SMILES string of the molecule is Cc1ccccc1CN1CCN(C(=O)C2(N)CCCC2)CC1.Cl.Cl. The maximum atomic E-state index is 12.6. The summed E-state index contributed by atoms with van der Waals surface area (Å²) in [6, 6.07) is 8.53. The van der Waals surface area contributed by atoms with Crippen LogP contribution in [0.25, 0.3) is 0 Å². The van der Waals surface area contributed by atoms with E-state index in [1.54, 1.807) is 0 Å². The zero-order chi connectivity index (χ0) is 15.6. The number of piperazine rings is 1. The quantitative estimate of drug-likeness (QED) is 0.885. The van der Waals surface area contributed by atoms with Crippen molar-refractivity contribution in [2.24, 2.45) is 5.73 Å². The highest BCUT2D eigenvalue weighted by atomic mass is 35.5. The van der Waals surface area contributed by atoms with Crippen LogP contribution in [0.15, 0.2) is 24.3 Å². The van der Waals surface area contributed by atoms with Gasteiger partial charge in [-0.25, -0.2) is 0 Å². The third-order valence-corrected chi connectivity index (χ3v) is 5.24. The van der Waals surface area contributed by atoms with Gasteiger partial charge in [-0.15, -0.1) is 24.8 Å². The van der Waals surface area contributed by atoms with E-state index in [0.717, 1.165) is 58.4 Å². The minimum absolute atomic E-state index is 0. The van der Waals surface area contributed by atoms with Gasteiger partial charge in [-0.2, -0.15) is 0 Å². The minimum atomic E-state index is -0.571. The summed E-state index contributed by atoms with van der Waals surface area (Å²) in [7, 11) is 0. The predicted octanol–water partition coefficient (Wildman–Crippen LogP) is 2.75. The molecule has 1 saturated carbocycles. The van der Waals surface area contributed by atoms with Gasteiger partial charge in [0.15, 0.2) is 0 Å². The van der Waals surface area contributed by atoms with Crippen molar-refractivity contribution in [2.45, 2.75) is 44.7 Å². The maximum Gasteiger partial charge on any atom is 0.242 e. The van der Waals surface area contributed by atoms with Crippen LogP contribution in [0.2, 0.25) is 0 Å². The number of amides is 1. The van der Waals surface area contributed by atoms with Crippen LogP contribution < -0.4 is 5.73 Å².